The number of carbonyl (C=O) groups is 1. The highest BCUT2D eigenvalue weighted by atomic mass is 16.5. The number of amides is 1. The number of benzene rings is 1. The Bertz CT molecular complexity index is 769. The summed E-state index contributed by atoms with van der Waals surface area (Å²) in [6.45, 7) is 2.04. The first kappa shape index (κ1) is 16.5. The number of hydrogen-bond acceptors (Lipinski definition) is 4. The number of ether oxygens (including phenoxy) is 1. The lowest BCUT2D eigenvalue weighted by molar-refractivity contribution is -0.132. The van der Waals surface area contributed by atoms with E-state index in [1.54, 1.807) is 13.4 Å². The van der Waals surface area contributed by atoms with Gasteiger partial charge in [0, 0.05) is 35.6 Å². The lowest BCUT2D eigenvalue weighted by atomic mass is 10.0. The highest BCUT2D eigenvalue weighted by molar-refractivity contribution is 5.88. The Balaban J connectivity index is 1.51. The number of carbonyl (C=O) groups excluding carboxylic acids is 1. The topological polar surface area (TPSA) is 45.9 Å². The fraction of sp³-hybridized carbons (Fsp3) is 0.550. The molecule has 0 bridgehead atoms. The van der Waals surface area contributed by atoms with E-state index in [1.165, 1.54) is 12.8 Å². The molecule has 2 aliphatic heterocycles. The number of methoxy groups -OCH3 is 1. The van der Waals surface area contributed by atoms with Gasteiger partial charge in [0.2, 0.25) is 5.91 Å². The standard InChI is InChI=1S/C20H26N2O3/c1-21-9-3-5-17(21)18-6-4-10-22(18)20(23)11-14-13-25-19-12-15(24-2)7-8-16(14)19/h7-8,12-13,17-18H,3-6,9-11H2,1-2H3/t17-,18+/m1/s1. The van der Waals surface area contributed by atoms with Crippen LogP contribution in [-0.2, 0) is 11.2 Å². The van der Waals surface area contributed by atoms with Gasteiger partial charge in [0.1, 0.15) is 11.3 Å². The molecule has 0 aliphatic carbocycles. The minimum Gasteiger partial charge on any atom is -0.497 e. The highest BCUT2D eigenvalue weighted by Gasteiger charge is 2.38. The van der Waals surface area contributed by atoms with Crippen molar-refractivity contribution in [3.05, 3.63) is 30.0 Å². The summed E-state index contributed by atoms with van der Waals surface area (Å²) in [5, 5.41) is 1.00. The molecule has 3 heterocycles. The summed E-state index contributed by atoms with van der Waals surface area (Å²) in [4.78, 5) is 17.5. The van der Waals surface area contributed by atoms with Gasteiger partial charge in [0.25, 0.3) is 0 Å². The first-order chi connectivity index (χ1) is 12.2. The summed E-state index contributed by atoms with van der Waals surface area (Å²) in [5.41, 5.74) is 1.74. The first-order valence-corrected chi connectivity index (χ1v) is 9.21. The van der Waals surface area contributed by atoms with Crippen LogP contribution in [0.2, 0.25) is 0 Å². The van der Waals surface area contributed by atoms with Crippen LogP contribution in [0.4, 0.5) is 0 Å². The van der Waals surface area contributed by atoms with Crippen LogP contribution < -0.4 is 4.74 Å². The zero-order valence-electron chi connectivity index (χ0n) is 15.0. The highest BCUT2D eigenvalue weighted by Crippen LogP contribution is 2.31. The van der Waals surface area contributed by atoms with Crippen molar-refractivity contribution in [2.75, 3.05) is 27.2 Å². The SMILES string of the molecule is COc1ccc2c(CC(=O)N3CCC[C@H]3[C@H]3CCCN3C)coc2c1. The smallest absolute Gasteiger partial charge is 0.227 e. The van der Waals surface area contributed by atoms with Crippen LogP contribution in [0.3, 0.4) is 0 Å². The Labute approximate surface area is 148 Å². The van der Waals surface area contributed by atoms with E-state index in [9.17, 15) is 4.79 Å². The zero-order valence-corrected chi connectivity index (χ0v) is 15.0. The average Bonchev–Trinajstić information content (AvgIpc) is 3.34. The van der Waals surface area contributed by atoms with Gasteiger partial charge in [-0.15, -0.1) is 0 Å². The third kappa shape index (κ3) is 3.01. The van der Waals surface area contributed by atoms with Crippen molar-refractivity contribution >= 4 is 16.9 Å². The molecule has 2 saturated heterocycles. The van der Waals surface area contributed by atoms with E-state index >= 15 is 0 Å². The molecule has 2 aromatic rings. The van der Waals surface area contributed by atoms with Gasteiger partial charge in [-0.1, -0.05) is 0 Å². The summed E-state index contributed by atoms with van der Waals surface area (Å²) >= 11 is 0. The Hall–Kier alpha value is -2.01. The molecule has 134 valence electrons. The summed E-state index contributed by atoms with van der Waals surface area (Å²) in [5.74, 6) is 0.991. The molecule has 0 unspecified atom stereocenters. The number of rotatable bonds is 4. The minimum absolute atomic E-state index is 0.223. The normalized spacial score (nSPS) is 24.3. The number of likely N-dealkylation sites (N-methyl/N-ethyl adjacent to an activating group) is 1. The number of hydrogen-bond donors (Lipinski definition) is 0. The van der Waals surface area contributed by atoms with Gasteiger partial charge in [-0.3, -0.25) is 4.79 Å². The number of nitrogens with zero attached hydrogens (tertiary/aromatic N) is 2. The molecule has 2 atom stereocenters. The fourth-order valence-electron chi connectivity index (χ4n) is 4.52. The van der Waals surface area contributed by atoms with Crippen LogP contribution in [0.15, 0.2) is 28.9 Å². The quantitative estimate of drug-likeness (QED) is 0.857. The second-order valence-electron chi connectivity index (χ2n) is 7.29. The Morgan fingerprint density at radius 1 is 1.24 bits per heavy atom. The van der Waals surface area contributed by atoms with Crippen molar-refractivity contribution in [3.63, 3.8) is 0 Å². The number of fused-ring (bicyclic) bond motifs is 1. The van der Waals surface area contributed by atoms with E-state index in [1.807, 2.05) is 18.2 Å². The van der Waals surface area contributed by atoms with Crippen LogP contribution in [0, 0.1) is 0 Å². The van der Waals surface area contributed by atoms with Gasteiger partial charge in [-0.25, -0.2) is 0 Å². The van der Waals surface area contributed by atoms with E-state index < -0.39 is 0 Å². The zero-order chi connectivity index (χ0) is 17.4. The van der Waals surface area contributed by atoms with Crippen molar-refractivity contribution in [2.45, 2.75) is 44.2 Å². The van der Waals surface area contributed by atoms with Crippen LogP contribution in [-0.4, -0.2) is 55.0 Å². The van der Waals surface area contributed by atoms with Gasteiger partial charge in [-0.05, 0) is 51.4 Å². The van der Waals surface area contributed by atoms with Crippen LogP contribution in [0.5, 0.6) is 5.75 Å². The van der Waals surface area contributed by atoms with Crippen molar-refractivity contribution in [1.29, 1.82) is 0 Å². The van der Waals surface area contributed by atoms with Crippen molar-refractivity contribution in [3.8, 4) is 5.75 Å². The molecule has 25 heavy (non-hydrogen) atoms. The summed E-state index contributed by atoms with van der Waals surface area (Å²) in [6, 6.07) is 6.66. The number of furan rings is 1. The van der Waals surface area contributed by atoms with Gasteiger partial charge >= 0.3 is 0 Å². The van der Waals surface area contributed by atoms with Crippen molar-refractivity contribution < 1.29 is 13.9 Å². The molecule has 0 saturated carbocycles. The van der Waals surface area contributed by atoms with Gasteiger partial charge in [0.15, 0.2) is 0 Å². The monoisotopic (exact) mass is 342 g/mol. The average molecular weight is 342 g/mol. The van der Waals surface area contributed by atoms with Crippen molar-refractivity contribution in [2.24, 2.45) is 0 Å². The molecule has 1 aromatic heterocycles. The lowest BCUT2D eigenvalue weighted by Crippen LogP contribution is -2.47. The summed E-state index contributed by atoms with van der Waals surface area (Å²) < 4.78 is 10.9. The molecule has 1 aromatic carbocycles. The van der Waals surface area contributed by atoms with E-state index in [4.69, 9.17) is 9.15 Å². The molecule has 0 N–H and O–H groups in total. The predicted octanol–water partition coefficient (Wildman–Crippen LogP) is 3.07. The van der Waals surface area contributed by atoms with Crippen LogP contribution in [0.1, 0.15) is 31.2 Å². The molecule has 2 aliphatic rings. The summed E-state index contributed by atoms with van der Waals surface area (Å²) in [7, 11) is 3.83. The second kappa shape index (κ2) is 6.71. The second-order valence-corrected chi connectivity index (χ2v) is 7.29. The maximum Gasteiger partial charge on any atom is 0.227 e. The maximum absolute atomic E-state index is 13.0. The molecule has 4 rings (SSSR count). The van der Waals surface area contributed by atoms with E-state index in [2.05, 4.69) is 16.8 Å². The maximum atomic E-state index is 13.0. The molecule has 0 spiro atoms. The molecule has 5 nitrogen and oxygen atoms in total. The molecule has 0 radical (unpaired) electrons. The van der Waals surface area contributed by atoms with Gasteiger partial charge < -0.3 is 19.0 Å². The predicted molar refractivity (Wildman–Crippen MR) is 96.9 cm³/mol. The van der Waals surface area contributed by atoms with E-state index in [-0.39, 0.29) is 5.91 Å². The lowest BCUT2D eigenvalue weighted by Gasteiger charge is -2.33. The Kier molecular flexibility index (Phi) is 4.42. The molecule has 1 amide bonds. The van der Waals surface area contributed by atoms with Crippen LogP contribution >= 0.6 is 0 Å². The Morgan fingerprint density at radius 3 is 2.80 bits per heavy atom. The largest absolute Gasteiger partial charge is 0.497 e. The Morgan fingerprint density at radius 2 is 2.04 bits per heavy atom. The van der Waals surface area contributed by atoms with Crippen LogP contribution in [0.25, 0.3) is 11.0 Å². The van der Waals surface area contributed by atoms with E-state index in [0.29, 0.717) is 18.5 Å². The molecule has 2 fully saturated rings. The van der Waals surface area contributed by atoms with Gasteiger partial charge in [0.05, 0.1) is 19.8 Å². The van der Waals surface area contributed by atoms with E-state index in [0.717, 1.165) is 48.2 Å². The molecular weight excluding hydrogens is 316 g/mol. The minimum atomic E-state index is 0.223. The third-order valence-electron chi connectivity index (χ3n) is 5.85. The molecule has 5 heteroatoms. The van der Waals surface area contributed by atoms with Crippen molar-refractivity contribution in [1.82, 2.24) is 9.80 Å². The summed E-state index contributed by atoms with van der Waals surface area (Å²) in [6.07, 6.45) is 6.82. The first-order valence-electron chi connectivity index (χ1n) is 9.21. The molecular formula is C20H26N2O3. The van der Waals surface area contributed by atoms with Gasteiger partial charge in [-0.2, -0.15) is 0 Å². The fourth-order valence-corrected chi connectivity index (χ4v) is 4.52. The number of likely N-dealkylation sites (tertiary alicyclic amines) is 2. The third-order valence-corrected chi connectivity index (χ3v) is 5.85.